The van der Waals surface area contributed by atoms with Crippen LogP contribution in [0.2, 0.25) is 0 Å². The van der Waals surface area contributed by atoms with E-state index in [4.69, 9.17) is 31.2 Å². The van der Waals surface area contributed by atoms with E-state index >= 15 is 0 Å². The predicted molar refractivity (Wildman–Crippen MR) is 233 cm³/mol. The van der Waals surface area contributed by atoms with Crippen LogP contribution in [-0.2, 0) is 38.1 Å². The molecule has 1 fully saturated rings. The van der Waals surface area contributed by atoms with Crippen molar-refractivity contribution in [1.29, 1.82) is 0 Å². The third kappa shape index (κ3) is 11.2. The fourth-order valence-corrected chi connectivity index (χ4v) is 9.05. The first-order valence-corrected chi connectivity index (χ1v) is 21.3. The zero-order chi connectivity index (χ0) is 44.3. The Hall–Kier alpha value is -4.60. The van der Waals surface area contributed by atoms with Gasteiger partial charge in [0, 0.05) is 46.7 Å². The van der Waals surface area contributed by atoms with Crippen molar-refractivity contribution >= 4 is 47.0 Å². The second kappa shape index (κ2) is 22.3. The lowest BCUT2D eigenvalue weighted by Crippen LogP contribution is -2.55. The molecule has 1 aliphatic carbocycles. The number of carbonyl (C=O) groups is 5. The molecule has 2 aromatic rings. The number of carbonyl (C=O) groups excluding carboxylic acids is 5. The Morgan fingerprint density at radius 1 is 0.867 bits per heavy atom. The summed E-state index contributed by atoms with van der Waals surface area (Å²) in [5, 5.41) is 5.71. The summed E-state index contributed by atoms with van der Waals surface area (Å²) >= 11 is 5.57. The van der Waals surface area contributed by atoms with Crippen LogP contribution in [0.25, 0.3) is 11.1 Å². The van der Waals surface area contributed by atoms with Crippen molar-refractivity contribution in [2.24, 2.45) is 17.8 Å². The lowest BCUT2D eigenvalue weighted by molar-refractivity contribution is -0.144. The number of likely N-dealkylation sites (tertiary alicyclic amines) is 1. The fourth-order valence-electron chi connectivity index (χ4n) is 8.85. The normalized spacial score (nSPS) is 17.6. The largest absolute Gasteiger partial charge is 0.468 e. The van der Waals surface area contributed by atoms with Gasteiger partial charge in [-0.05, 0) is 46.9 Å². The minimum absolute atomic E-state index is 0.0161. The molecule has 0 saturated carbocycles. The van der Waals surface area contributed by atoms with Gasteiger partial charge in [-0.15, -0.1) is 0 Å². The van der Waals surface area contributed by atoms with Crippen molar-refractivity contribution < 1.29 is 42.9 Å². The summed E-state index contributed by atoms with van der Waals surface area (Å²) in [6, 6.07) is 14.5. The molecule has 14 nitrogen and oxygen atoms in total. The molecule has 4 amide bonds. The Morgan fingerprint density at radius 2 is 1.48 bits per heavy atom. The lowest BCUT2D eigenvalue weighted by atomic mass is 9.90. The van der Waals surface area contributed by atoms with E-state index in [1.165, 1.54) is 26.2 Å². The van der Waals surface area contributed by atoms with Crippen LogP contribution in [0.4, 0.5) is 4.79 Å². The molecule has 0 aromatic heterocycles. The number of likely N-dealkylation sites (N-methyl/N-ethyl adjacent to an activating group) is 2. The van der Waals surface area contributed by atoms with Crippen LogP contribution in [0.3, 0.4) is 0 Å². The highest BCUT2D eigenvalue weighted by Crippen LogP contribution is 2.44. The van der Waals surface area contributed by atoms with Crippen LogP contribution in [0.15, 0.2) is 48.5 Å². The van der Waals surface area contributed by atoms with Crippen molar-refractivity contribution in [3.63, 3.8) is 0 Å². The van der Waals surface area contributed by atoms with Gasteiger partial charge in [0.25, 0.3) is 0 Å². The molecule has 0 radical (unpaired) electrons. The second-order valence-electron chi connectivity index (χ2n) is 16.3. The number of methoxy groups -OCH3 is 3. The Morgan fingerprint density at radius 3 is 2.03 bits per heavy atom. The minimum atomic E-state index is -0.904. The summed E-state index contributed by atoms with van der Waals surface area (Å²) in [6.45, 7) is 9.85. The van der Waals surface area contributed by atoms with E-state index in [2.05, 4.69) is 22.8 Å². The van der Waals surface area contributed by atoms with Gasteiger partial charge in [-0.25, -0.2) is 4.79 Å². The fraction of sp³-hybridized carbons (Fsp3) is 0.600. The van der Waals surface area contributed by atoms with E-state index in [1.807, 2.05) is 75.9 Å². The summed E-state index contributed by atoms with van der Waals surface area (Å²) < 4.78 is 22.4. The molecule has 7 unspecified atom stereocenters. The van der Waals surface area contributed by atoms with E-state index in [0.29, 0.717) is 24.4 Å². The van der Waals surface area contributed by atoms with Gasteiger partial charge in [-0.2, -0.15) is 0 Å². The van der Waals surface area contributed by atoms with Gasteiger partial charge >= 0.3 is 12.1 Å². The number of nitrogens with zero attached hydrogens (tertiary/aromatic N) is 3. The summed E-state index contributed by atoms with van der Waals surface area (Å²) in [6.07, 6.45) is 0.504. The summed E-state index contributed by atoms with van der Waals surface area (Å²) in [5.74, 6) is -2.21. The highest BCUT2D eigenvalue weighted by Gasteiger charge is 2.42. The molecule has 2 aromatic carbocycles. The molecule has 2 N–H and O–H groups in total. The monoisotopic (exact) mass is 851 g/mol. The molecule has 1 saturated heterocycles. The molecule has 1 heterocycles. The zero-order valence-corrected chi connectivity index (χ0v) is 37.7. The van der Waals surface area contributed by atoms with E-state index in [1.54, 1.807) is 19.1 Å². The van der Waals surface area contributed by atoms with Crippen molar-refractivity contribution in [2.45, 2.75) is 96.6 Å². The van der Waals surface area contributed by atoms with Crippen LogP contribution in [0, 0.1) is 17.8 Å². The first-order chi connectivity index (χ1) is 28.6. The quantitative estimate of drug-likeness (QED) is 0.136. The molecule has 1 aliphatic heterocycles. The molecule has 2 aliphatic rings. The van der Waals surface area contributed by atoms with Crippen LogP contribution >= 0.6 is 12.2 Å². The number of fused-ring (bicyclic) bond motifs is 3. The van der Waals surface area contributed by atoms with Gasteiger partial charge in [0.2, 0.25) is 17.7 Å². The van der Waals surface area contributed by atoms with Crippen molar-refractivity contribution in [3.8, 4) is 11.1 Å². The van der Waals surface area contributed by atoms with Gasteiger partial charge < -0.3 is 39.4 Å². The maximum Gasteiger partial charge on any atom is 0.410 e. The first kappa shape index (κ1) is 48.1. The van der Waals surface area contributed by atoms with Gasteiger partial charge in [-0.1, -0.05) is 102 Å². The van der Waals surface area contributed by atoms with Crippen LogP contribution in [-0.4, -0.2) is 141 Å². The molecule has 60 heavy (non-hydrogen) atoms. The maximum atomic E-state index is 14.1. The molecule has 7 atom stereocenters. The number of amides is 4. The van der Waals surface area contributed by atoms with Gasteiger partial charge in [0.15, 0.2) is 0 Å². The number of esters is 1. The predicted octanol–water partition coefficient (Wildman–Crippen LogP) is 5.02. The highest BCUT2D eigenvalue weighted by molar-refractivity contribution is 7.80. The van der Waals surface area contributed by atoms with E-state index in [-0.39, 0.29) is 67.6 Å². The van der Waals surface area contributed by atoms with E-state index in [0.717, 1.165) is 28.7 Å². The number of nitrogens with one attached hydrogen (secondary N) is 2. The number of hydrogen-bond donors (Lipinski definition) is 2. The number of benzene rings is 2. The zero-order valence-electron chi connectivity index (χ0n) is 36.9. The SMILES string of the molecule is CCC(C)C(C(CC(=O)N1CCCC1C(OC)C(C)C(=S)NCC(=O)OC)OC)N(C)C(=O)CNC(=O)C(C(C)C)N(C)C(=O)OCC1c2ccccc2-c2ccccc21. The summed E-state index contributed by atoms with van der Waals surface area (Å²) in [7, 11) is 7.62. The molecule has 15 heteroatoms. The average molecular weight is 852 g/mol. The second-order valence-corrected chi connectivity index (χ2v) is 16.7. The van der Waals surface area contributed by atoms with Crippen molar-refractivity contribution in [1.82, 2.24) is 25.3 Å². The highest BCUT2D eigenvalue weighted by atomic mass is 32.1. The topological polar surface area (TPSA) is 156 Å². The van der Waals surface area contributed by atoms with E-state index < -0.39 is 42.3 Å². The van der Waals surface area contributed by atoms with Gasteiger partial charge in [0.05, 0.1) is 49.4 Å². The van der Waals surface area contributed by atoms with Crippen LogP contribution in [0.1, 0.15) is 77.3 Å². The molecule has 4 rings (SSSR count). The number of thiocarbonyl (C=S) groups is 1. The number of hydrogen-bond acceptors (Lipinski definition) is 10. The minimum Gasteiger partial charge on any atom is -0.468 e. The number of rotatable bonds is 20. The molecule has 0 bridgehead atoms. The standard InChI is InChI=1S/C45H65N5O9S/c1-11-28(4)41(36(56-8)23-37(51)50-22-16-21-35(50)42(58-10)29(5)44(60)47-25-39(53)57-9)48(6)38(52)24-46-43(54)40(27(2)3)49(7)45(55)59-26-34-32-19-14-12-17-30(32)31-18-13-15-20-33(31)34/h12-15,17-20,27-29,34-36,40-42H,11,16,21-26H2,1-10H3,(H,46,54)(H,47,60). The van der Waals surface area contributed by atoms with Crippen molar-refractivity contribution in [3.05, 3.63) is 59.7 Å². The van der Waals surface area contributed by atoms with E-state index in [9.17, 15) is 24.0 Å². The smallest absolute Gasteiger partial charge is 0.410 e. The average Bonchev–Trinajstić information content (AvgIpc) is 3.86. The Balaban J connectivity index is 1.38. The third-order valence-corrected chi connectivity index (χ3v) is 12.8. The van der Waals surface area contributed by atoms with Gasteiger partial charge in [-0.3, -0.25) is 24.1 Å². The van der Waals surface area contributed by atoms with Crippen LogP contribution in [0.5, 0.6) is 0 Å². The molecule has 330 valence electrons. The summed E-state index contributed by atoms with van der Waals surface area (Å²) in [4.78, 5) is 71.9. The molecular weight excluding hydrogens is 787 g/mol. The Labute approximate surface area is 361 Å². The Kier molecular flexibility index (Phi) is 17.9. The third-order valence-electron chi connectivity index (χ3n) is 12.3. The Bertz CT molecular complexity index is 1780. The van der Waals surface area contributed by atoms with Crippen LogP contribution < -0.4 is 10.6 Å². The molecular formula is C45H65N5O9S. The maximum absolute atomic E-state index is 14.1. The number of ether oxygens (including phenoxy) is 4. The lowest BCUT2D eigenvalue weighted by Gasteiger charge is -2.39. The summed E-state index contributed by atoms with van der Waals surface area (Å²) in [5.41, 5.74) is 4.41. The first-order valence-electron chi connectivity index (χ1n) is 20.9. The molecule has 0 spiro atoms. The van der Waals surface area contributed by atoms with Crippen molar-refractivity contribution in [2.75, 3.05) is 61.7 Å². The van der Waals surface area contributed by atoms with Gasteiger partial charge in [0.1, 0.15) is 19.2 Å².